The number of aryl methyl sites for hydroxylation is 1. The van der Waals surface area contributed by atoms with Crippen molar-refractivity contribution in [1.82, 2.24) is 14.9 Å². The number of rotatable bonds is 6. The van der Waals surface area contributed by atoms with E-state index in [4.69, 9.17) is 5.73 Å². The van der Waals surface area contributed by atoms with E-state index >= 15 is 0 Å². The minimum absolute atomic E-state index is 0.0460. The van der Waals surface area contributed by atoms with Gasteiger partial charge < -0.3 is 5.73 Å². The molecule has 0 aromatic carbocycles. The molecule has 1 aromatic heterocycles. The maximum Gasteiger partial charge on any atom is 0.260 e. The number of nitrogens with two attached hydrogens (primary N) is 1. The molecule has 2 atom stereocenters. The molecule has 0 spiro atoms. The number of nitrogens with zero attached hydrogens (tertiary/aromatic N) is 1. The number of aromatic amines is 1. The molecule has 1 fully saturated rings. The van der Waals surface area contributed by atoms with Gasteiger partial charge in [0, 0.05) is 23.8 Å². The Kier molecular flexibility index (Phi) is 3.74. The first-order valence-corrected chi connectivity index (χ1v) is 7.74. The highest BCUT2D eigenvalue weighted by molar-refractivity contribution is 7.89. The summed E-state index contributed by atoms with van der Waals surface area (Å²) in [6, 6.07) is 0.0672. The second kappa shape index (κ2) is 4.99. The van der Waals surface area contributed by atoms with Gasteiger partial charge >= 0.3 is 0 Å². The SMILES string of the molecule is CCCC1CC1NS(=O)(=O)c1n[nH]c(C)c1CN. The number of H-pyrrole nitrogens is 1. The lowest BCUT2D eigenvalue weighted by Crippen LogP contribution is -2.28. The smallest absolute Gasteiger partial charge is 0.260 e. The summed E-state index contributed by atoms with van der Waals surface area (Å²) < 4.78 is 27.1. The van der Waals surface area contributed by atoms with Crippen LogP contribution in [0.25, 0.3) is 0 Å². The van der Waals surface area contributed by atoms with Gasteiger partial charge in [-0.1, -0.05) is 13.3 Å². The van der Waals surface area contributed by atoms with Gasteiger partial charge in [-0.3, -0.25) is 5.10 Å². The third-order valence-electron chi connectivity index (χ3n) is 3.38. The lowest BCUT2D eigenvalue weighted by molar-refractivity contribution is 0.567. The third-order valence-corrected chi connectivity index (χ3v) is 4.84. The highest BCUT2D eigenvalue weighted by Gasteiger charge is 2.40. The number of nitrogens with one attached hydrogen (secondary N) is 2. The topological polar surface area (TPSA) is 101 Å². The molecule has 7 heteroatoms. The third kappa shape index (κ3) is 2.57. The summed E-state index contributed by atoms with van der Waals surface area (Å²) in [5, 5.41) is 6.58. The van der Waals surface area contributed by atoms with Crippen molar-refractivity contribution in [2.24, 2.45) is 11.7 Å². The van der Waals surface area contributed by atoms with Crippen LogP contribution in [0, 0.1) is 12.8 Å². The molecule has 1 saturated carbocycles. The maximum atomic E-state index is 12.2. The summed E-state index contributed by atoms with van der Waals surface area (Å²) >= 11 is 0. The quantitative estimate of drug-likeness (QED) is 0.707. The monoisotopic (exact) mass is 272 g/mol. The van der Waals surface area contributed by atoms with E-state index in [1.165, 1.54) is 0 Å². The first kappa shape index (κ1) is 13.5. The number of aromatic nitrogens is 2. The Morgan fingerprint density at radius 3 is 2.89 bits per heavy atom. The Hall–Kier alpha value is -0.920. The average Bonchev–Trinajstić information content (AvgIpc) is 2.89. The van der Waals surface area contributed by atoms with E-state index in [0.29, 0.717) is 17.2 Å². The summed E-state index contributed by atoms with van der Waals surface area (Å²) in [6.07, 6.45) is 3.07. The van der Waals surface area contributed by atoms with Crippen LogP contribution in [0.2, 0.25) is 0 Å². The molecule has 4 N–H and O–H groups in total. The van der Waals surface area contributed by atoms with Gasteiger partial charge in [0.25, 0.3) is 10.0 Å². The van der Waals surface area contributed by atoms with Crippen LogP contribution in [0.1, 0.15) is 37.4 Å². The predicted octanol–water partition coefficient (Wildman–Crippen LogP) is 0.644. The molecule has 0 radical (unpaired) electrons. The Labute approximate surface area is 107 Å². The van der Waals surface area contributed by atoms with E-state index in [-0.39, 0.29) is 17.6 Å². The molecule has 0 amide bonds. The van der Waals surface area contributed by atoms with Crippen molar-refractivity contribution in [2.45, 2.75) is 50.7 Å². The van der Waals surface area contributed by atoms with Crippen molar-refractivity contribution in [2.75, 3.05) is 0 Å². The Balaban J connectivity index is 2.12. The van der Waals surface area contributed by atoms with Gasteiger partial charge in [-0.2, -0.15) is 5.10 Å². The molecule has 1 heterocycles. The molecular weight excluding hydrogens is 252 g/mol. The average molecular weight is 272 g/mol. The van der Waals surface area contributed by atoms with Crippen LogP contribution in [0.3, 0.4) is 0 Å². The lowest BCUT2D eigenvalue weighted by Gasteiger charge is -2.05. The summed E-state index contributed by atoms with van der Waals surface area (Å²) in [5.74, 6) is 0.478. The van der Waals surface area contributed by atoms with Crippen LogP contribution in [-0.2, 0) is 16.6 Å². The van der Waals surface area contributed by atoms with E-state index in [0.717, 1.165) is 19.3 Å². The van der Waals surface area contributed by atoms with Crippen molar-refractivity contribution >= 4 is 10.0 Å². The van der Waals surface area contributed by atoms with Gasteiger partial charge in [0.2, 0.25) is 0 Å². The maximum absolute atomic E-state index is 12.2. The van der Waals surface area contributed by atoms with E-state index in [2.05, 4.69) is 21.8 Å². The summed E-state index contributed by atoms with van der Waals surface area (Å²) in [4.78, 5) is 0. The second-order valence-corrected chi connectivity index (χ2v) is 6.48. The number of hydrogen-bond donors (Lipinski definition) is 3. The van der Waals surface area contributed by atoms with Gasteiger partial charge in [0.05, 0.1) is 0 Å². The predicted molar refractivity (Wildman–Crippen MR) is 68.3 cm³/mol. The molecule has 1 aliphatic rings. The van der Waals surface area contributed by atoms with Gasteiger partial charge in [0.15, 0.2) is 5.03 Å². The van der Waals surface area contributed by atoms with E-state index in [9.17, 15) is 8.42 Å². The fourth-order valence-electron chi connectivity index (χ4n) is 2.23. The first-order valence-electron chi connectivity index (χ1n) is 6.25. The van der Waals surface area contributed by atoms with Crippen LogP contribution in [0.4, 0.5) is 0 Å². The van der Waals surface area contributed by atoms with Crippen LogP contribution in [-0.4, -0.2) is 24.7 Å². The molecule has 0 aliphatic heterocycles. The van der Waals surface area contributed by atoms with Crippen molar-refractivity contribution < 1.29 is 8.42 Å². The fraction of sp³-hybridized carbons (Fsp3) is 0.727. The van der Waals surface area contributed by atoms with Crippen LogP contribution in [0.5, 0.6) is 0 Å². The number of sulfonamides is 1. The van der Waals surface area contributed by atoms with E-state index in [1.807, 2.05) is 0 Å². The first-order chi connectivity index (χ1) is 8.49. The molecule has 2 rings (SSSR count). The zero-order chi connectivity index (χ0) is 13.3. The molecule has 102 valence electrons. The highest BCUT2D eigenvalue weighted by Crippen LogP contribution is 2.35. The van der Waals surface area contributed by atoms with Crippen molar-refractivity contribution in [1.29, 1.82) is 0 Å². The van der Waals surface area contributed by atoms with Crippen molar-refractivity contribution in [3.05, 3.63) is 11.3 Å². The van der Waals surface area contributed by atoms with E-state index in [1.54, 1.807) is 6.92 Å². The molecule has 0 bridgehead atoms. The zero-order valence-corrected chi connectivity index (χ0v) is 11.5. The molecule has 2 unspecified atom stereocenters. The highest BCUT2D eigenvalue weighted by atomic mass is 32.2. The Morgan fingerprint density at radius 1 is 1.56 bits per heavy atom. The van der Waals surface area contributed by atoms with E-state index < -0.39 is 10.0 Å². The molecule has 6 nitrogen and oxygen atoms in total. The van der Waals surface area contributed by atoms with Crippen molar-refractivity contribution in [3.63, 3.8) is 0 Å². The lowest BCUT2D eigenvalue weighted by atomic mass is 10.2. The molecular formula is C11H20N4O2S. The second-order valence-electron chi connectivity index (χ2n) is 4.85. The molecule has 18 heavy (non-hydrogen) atoms. The largest absolute Gasteiger partial charge is 0.326 e. The Morgan fingerprint density at radius 2 is 2.28 bits per heavy atom. The number of hydrogen-bond acceptors (Lipinski definition) is 4. The summed E-state index contributed by atoms with van der Waals surface area (Å²) in [5.41, 5.74) is 6.83. The Bertz CT molecular complexity index is 523. The zero-order valence-electron chi connectivity index (χ0n) is 10.7. The summed E-state index contributed by atoms with van der Waals surface area (Å²) in [7, 11) is -3.54. The van der Waals surface area contributed by atoms with Crippen LogP contribution in [0.15, 0.2) is 5.03 Å². The van der Waals surface area contributed by atoms with Gasteiger partial charge in [-0.25, -0.2) is 13.1 Å². The van der Waals surface area contributed by atoms with Crippen LogP contribution < -0.4 is 10.5 Å². The van der Waals surface area contributed by atoms with Gasteiger partial charge in [-0.05, 0) is 25.7 Å². The molecule has 1 aliphatic carbocycles. The fourth-order valence-corrected chi connectivity index (χ4v) is 3.76. The normalized spacial score (nSPS) is 23.3. The van der Waals surface area contributed by atoms with Gasteiger partial charge in [-0.15, -0.1) is 0 Å². The minimum atomic E-state index is -3.54. The van der Waals surface area contributed by atoms with Crippen LogP contribution >= 0.6 is 0 Å². The minimum Gasteiger partial charge on any atom is -0.326 e. The summed E-state index contributed by atoms with van der Waals surface area (Å²) in [6.45, 7) is 4.04. The molecule has 1 aromatic rings. The van der Waals surface area contributed by atoms with Gasteiger partial charge in [0.1, 0.15) is 0 Å². The van der Waals surface area contributed by atoms with Crippen molar-refractivity contribution in [3.8, 4) is 0 Å². The molecule has 0 saturated heterocycles. The standard InChI is InChI=1S/C11H20N4O2S/c1-3-4-8-5-10(8)15-18(16,17)11-9(6-12)7(2)13-14-11/h8,10,15H,3-6,12H2,1-2H3,(H,13,14).